The van der Waals surface area contributed by atoms with E-state index in [4.69, 9.17) is 0 Å². The van der Waals surface area contributed by atoms with Crippen LogP contribution in [0.3, 0.4) is 0 Å². The second-order valence-electron chi connectivity index (χ2n) is 3.38. The average molecular weight is 135 g/mol. The van der Waals surface area contributed by atoms with Crippen LogP contribution in [0.15, 0.2) is 24.3 Å². The van der Waals surface area contributed by atoms with Crippen molar-refractivity contribution < 1.29 is 0 Å². The Morgan fingerprint density at radius 1 is 1.00 bits per heavy atom. The molecule has 0 aliphatic heterocycles. The first-order chi connectivity index (χ1) is 4.79. The van der Waals surface area contributed by atoms with E-state index in [-0.39, 0.29) is 0 Å². The van der Waals surface area contributed by atoms with E-state index in [0.717, 1.165) is 11.8 Å². The molecule has 0 spiro atoms. The normalized spacial score (nSPS) is 42.1. The molecule has 0 radical (unpaired) electrons. The van der Waals surface area contributed by atoms with E-state index in [0.29, 0.717) is 6.04 Å². The highest BCUT2D eigenvalue weighted by atomic mass is 15.1. The van der Waals surface area contributed by atoms with Crippen LogP contribution >= 0.6 is 0 Å². The number of rotatable bonds is 1. The average Bonchev–Trinajstić information content (AvgIpc) is 2.07. The number of nitrogens with zero attached hydrogens (tertiary/aromatic N) is 1. The monoisotopic (exact) mass is 135 g/mol. The molecule has 0 heterocycles. The highest BCUT2D eigenvalue weighted by Crippen LogP contribution is 2.37. The number of likely N-dealkylation sites (N-methyl/N-ethyl adjacent to an activating group) is 1. The van der Waals surface area contributed by atoms with Crippen LogP contribution in [0.25, 0.3) is 0 Å². The van der Waals surface area contributed by atoms with Gasteiger partial charge in [-0.15, -0.1) is 0 Å². The molecule has 1 nitrogen and oxygen atoms in total. The Morgan fingerprint density at radius 2 is 1.70 bits per heavy atom. The van der Waals surface area contributed by atoms with Gasteiger partial charge in [0.05, 0.1) is 0 Å². The summed E-state index contributed by atoms with van der Waals surface area (Å²) in [6.07, 6.45) is 9.23. The lowest BCUT2D eigenvalue weighted by Crippen LogP contribution is -2.34. The van der Waals surface area contributed by atoms with E-state index in [2.05, 4.69) is 43.3 Å². The molecular weight excluding hydrogens is 122 g/mol. The minimum Gasteiger partial charge on any atom is -0.302 e. The Morgan fingerprint density at radius 3 is 2.00 bits per heavy atom. The van der Waals surface area contributed by atoms with Crippen molar-refractivity contribution in [2.45, 2.75) is 6.04 Å². The molecule has 54 valence electrons. The highest BCUT2D eigenvalue weighted by molar-refractivity contribution is 5.28. The first kappa shape index (κ1) is 6.17. The molecule has 0 N–H and O–H groups in total. The van der Waals surface area contributed by atoms with Gasteiger partial charge >= 0.3 is 0 Å². The fraction of sp³-hybridized carbons (Fsp3) is 0.556. The van der Waals surface area contributed by atoms with Crippen LogP contribution in [-0.2, 0) is 0 Å². The van der Waals surface area contributed by atoms with Crippen molar-refractivity contribution in [3.63, 3.8) is 0 Å². The molecule has 0 aromatic carbocycles. The van der Waals surface area contributed by atoms with Crippen molar-refractivity contribution in [2.75, 3.05) is 14.1 Å². The zero-order chi connectivity index (χ0) is 7.14. The number of hydrogen-bond acceptors (Lipinski definition) is 1. The topological polar surface area (TPSA) is 3.24 Å². The van der Waals surface area contributed by atoms with Crippen molar-refractivity contribution in [1.82, 2.24) is 4.90 Å². The van der Waals surface area contributed by atoms with E-state index in [1.165, 1.54) is 0 Å². The van der Waals surface area contributed by atoms with Crippen molar-refractivity contribution in [2.24, 2.45) is 11.8 Å². The summed E-state index contributed by atoms with van der Waals surface area (Å²) in [5.41, 5.74) is 0. The third kappa shape index (κ3) is 0.671. The van der Waals surface area contributed by atoms with Gasteiger partial charge in [-0.3, -0.25) is 0 Å². The maximum absolute atomic E-state index is 2.31. The van der Waals surface area contributed by atoms with Gasteiger partial charge in [-0.25, -0.2) is 0 Å². The minimum atomic E-state index is 0.662. The quantitative estimate of drug-likeness (QED) is 0.490. The predicted molar refractivity (Wildman–Crippen MR) is 42.7 cm³/mol. The van der Waals surface area contributed by atoms with Crippen LogP contribution in [0.2, 0.25) is 0 Å². The Kier molecular flexibility index (Phi) is 1.21. The third-order valence-electron chi connectivity index (χ3n) is 2.52. The Balaban J connectivity index is 2.13. The summed E-state index contributed by atoms with van der Waals surface area (Å²) >= 11 is 0. The van der Waals surface area contributed by atoms with Crippen LogP contribution < -0.4 is 0 Å². The molecule has 0 aromatic rings. The third-order valence-corrected chi connectivity index (χ3v) is 2.52. The number of fused-ring (bicyclic) bond motifs is 1. The van der Waals surface area contributed by atoms with E-state index >= 15 is 0 Å². The summed E-state index contributed by atoms with van der Waals surface area (Å²) in [7, 11) is 4.28. The predicted octanol–water partition coefficient (Wildman–Crippen LogP) is 1.29. The standard InChI is InChI=1S/C9H13N/c1-10(2)9-6-4-7-3-5-8(7)9/h3-9H,1-2H3. The summed E-state index contributed by atoms with van der Waals surface area (Å²) in [4.78, 5) is 2.28. The summed E-state index contributed by atoms with van der Waals surface area (Å²) in [5.74, 6) is 1.54. The molecule has 3 atom stereocenters. The molecule has 3 unspecified atom stereocenters. The highest BCUT2D eigenvalue weighted by Gasteiger charge is 2.34. The molecule has 0 saturated carbocycles. The molecule has 2 aliphatic carbocycles. The lowest BCUT2D eigenvalue weighted by atomic mass is 9.82. The smallest absolute Gasteiger partial charge is 0.0343 e. The second kappa shape index (κ2) is 1.96. The van der Waals surface area contributed by atoms with E-state index in [1.54, 1.807) is 0 Å². The van der Waals surface area contributed by atoms with Crippen LogP contribution in [0, 0.1) is 11.8 Å². The van der Waals surface area contributed by atoms with Crippen molar-refractivity contribution >= 4 is 0 Å². The van der Waals surface area contributed by atoms with E-state index < -0.39 is 0 Å². The van der Waals surface area contributed by atoms with Crippen LogP contribution in [0.5, 0.6) is 0 Å². The fourth-order valence-electron chi connectivity index (χ4n) is 1.79. The van der Waals surface area contributed by atoms with Gasteiger partial charge in [0.25, 0.3) is 0 Å². The van der Waals surface area contributed by atoms with Gasteiger partial charge in [0.15, 0.2) is 0 Å². The Bertz CT molecular complexity index is 191. The molecular formula is C9H13N. The van der Waals surface area contributed by atoms with Gasteiger partial charge in [0.2, 0.25) is 0 Å². The SMILES string of the molecule is CN(C)C1C=CC2C=CC21. The zero-order valence-corrected chi connectivity index (χ0v) is 6.49. The summed E-state index contributed by atoms with van der Waals surface area (Å²) in [5, 5.41) is 0. The fourth-order valence-corrected chi connectivity index (χ4v) is 1.79. The summed E-state index contributed by atoms with van der Waals surface area (Å²) in [6, 6.07) is 0.662. The molecule has 2 rings (SSSR count). The zero-order valence-electron chi connectivity index (χ0n) is 6.49. The Labute approximate surface area is 62.0 Å². The van der Waals surface area contributed by atoms with Gasteiger partial charge in [0, 0.05) is 17.9 Å². The van der Waals surface area contributed by atoms with Crippen molar-refractivity contribution in [3.05, 3.63) is 24.3 Å². The molecule has 0 bridgehead atoms. The second-order valence-corrected chi connectivity index (χ2v) is 3.38. The van der Waals surface area contributed by atoms with Gasteiger partial charge < -0.3 is 4.90 Å². The lowest BCUT2D eigenvalue weighted by molar-refractivity contribution is 0.269. The number of hydrogen-bond donors (Lipinski definition) is 0. The van der Waals surface area contributed by atoms with Gasteiger partial charge in [0.1, 0.15) is 0 Å². The van der Waals surface area contributed by atoms with Crippen LogP contribution in [0.1, 0.15) is 0 Å². The molecule has 10 heavy (non-hydrogen) atoms. The maximum Gasteiger partial charge on any atom is 0.0343 e. The van der Waals surface area contributed by atoms with Crippen LogP contribution in [0.4, 0.5) is 0 Å². The summed E-state index contributed by atoms with van der Waals surface area (Å²) in [6.45, 7) is 0. The molecule has 0 amide bonds. The molecule has 0 saturated heterocycles. The molecule has 0 aromatic heterocycles. The van der Waals surface area contributed by atoms with Gasteiger partial charge in [-0.05, 0) is 14.1 Å². The maximum atomic E-state index is 2.31. The molecule has 2 aliphatic rings. The van der Waals surface area contributed by atoms with Gasteiger partial charge in [-0.1, -0.05) is 24.3 Å². The van der Waals surface area contributed by atoms with Crippen molar-refractivity contribution in [3.8, 4) is 0 Å². The van der Waals surface area contributed by atoms with E-state index in [1.807, 2.05) is 0 Å². The molecule has 1 heteroatoms. The summed E-state index contributed by atoms with van der Waals surface area (Å²) < 4.78 is 0. The Hall–Kier alpha value is -0.560. The van der Waals surface area contributed by atoms with Gasteiger partial charge in [-0.2, -0.15) is 0 Å². The van der Waals surface area contributed by atoms with Crippen LogP contribution in [-0.4, -0.2) is 25.0 Å². The molecule has 0 fully saturated rings. The largest absolute Gasteiger partial charge is 0.302 e. The van der Waals surface area contributed by atoms with E-state index in [9.17, 15) is 0 Å². The van der Waals surface area contributed by atoms with Crippen molar-refractivity contribution in [1.29, 1.82) is 0 Å². The number of allylic oxidation sites excluding steroid dienone is 2. The first-order valence-corrected chi connectivity index (χ1v) is 3.82. The first-order valence-electron chi connectivity index (χ1n) is 3.82. The minimum absolute atomic E-state index is 0.662. The lowest BCUT2D eigenvalue weighted by Gasteiger charge is -2.30.